The molecule has 140 valence electrons. The van der Waals surface area contributed by atoms with E-state index in [1.807, 2.05) is 50.3 Å². The zero-order valence-corrected chi connectivity index (χ0v) is 16.5. The molecule has 2 aliphatic heterocycles. The molecule has 0 spiro atoms. The first-order chi connectivity index (χ1) is 12.9. The molecule has 1 N–H and O–H groups in total. The molecule has 0 atom stereocenters. The first kappa shape index (κ1) is 19.2. The fourth-order valence-electron chi connectivity index (χ4n) is 2.73. The van der Waals surface area contributed by atoms with Crippen LogP contribution in [0.4, 0.5) is 5.69 Å². The van der Waals surface area contributed by atoms with Gasteiger partial charge in [-0.25, -0.2) is 0 Å². The van der Waals surface area contributed by atoms with Crippen molar-refractivity contribution >= 4 is 45.9 Å². The molecule has 8 heteroatoms. The number of carboxylic acids is 1. The van der Waals surface area contributed by atoms with Crippen LogP contribution >= 0.6 is 24.0 Å². The minimum Gasteiger partial charge on any atom is -0.480 e. The zero-order chi connectivity index (χ0) is 19.6. The smallest absolute Gasteiger partial charge is 0.323 e. The van der Waals surface area contributed by atoms with Gasteiger partial charge >= 0.3 is 5.97 Å². The first-order valence-electron chi connectivity index (χ1n) is 8.31. The van der Waals surface area contributed by atoms with Crippen molar-refractivity contribution in [1.82, 2.24) is 4.90 Å². The summed E-state index contributed by atoms with van der Waals surface area (Å²) in [5.41, 5.74) is 1.85. The number of anilines is 1. The van der Waals surface area contributed by atoms with Crippen LogP contribution in [0.25, 0.3) is 0 Å². The third-order valence-electron chi connectivity index (χ3n) is 3.97. The van der Waals surface area contributed by atoms with E-state index in [2.05, 4.69) is 4.90 Å². The highest BCUT2D eigenvalue weighted by atomic mass is 32.2. The number of hydrogen-bond acceptors (Lipinski definition) is 6. The summed E-state index contributed by atoms with van der Waals surface area (Å²) in [4.78, 5) is 26.7. The number of para-hydroxylation sites is 2. The lowest BCUT2D eigenvalue weighted by Crippen LogP contribution is -2.33. The van der Waals surface area contributed by atoms with Gasteiger partial charge in [-0.1, -0.05) is 42.2 Å². The number of carbonyl (C=O) groups is 2. The minimum atomic E-state index is -1.10. The molecular weight excluding hydrogens is 384 g/mol. The number of allylic oxidation sites excluding steroid dienone is 4. The Balaban J connectivity index is 1.78. The number of thiocarbonyl (C=S) groups is 1. The van der Waals surface area contributed by atoms with Crippen molar-refractivity contribution in [2.24, 2.45) is 0 Å². The molecule has 6 nitrogen and oxygen atoms in total. The van der Waals surface area contributed by atoms with E-state index < -0.39 is 12.5 Å². The number of nitrogens with zero attached hydrogens (tertiary/aromatic N) is 2. The third kappa shape index (κ3) is 4.06. The lowest BCUT2D eigenvalue weighted by Gasteiger charge is -2.14. The Morgan fingerprint density at radius 2 is 2.07 bits per heavy atom. The Morgan fingerprint density at radius 1 is 1.33 bits per heavy atom. The van der Waals surface area contributed by atoms with E-state index in [9.17, 15) is 9.59 Å². The Kier molecular flexibility index (Phi) is 5.67. The van der Waals surface area contributed by atoms with Gasteiger partial charge in [-0.15, -0.1) is 0 Å². The number of benzene rings is 1. The zero-order valence-electron chi connectivity index (χ0n) is 14.8. The topological polar surface area (TPSA) is 70.1 Å². The van der Waals surface area contributed by atoms with E-state index >= 15 is 0 Å². The van der Waals surface area contributed by atoms with E-state index in [0.717, 1.165) is 40.2 Å². The second kappa shape index (κ2) is 7.98. The monoisotopic (exact) mass is 402 g/mol. The first-order valence-corrected chi connectivity index (χ1v) is 9.53. The van der Waals surface area contributed by atoms with Crippen molar-refractivity contribution in [2.75, 3.05) is 18.0 Å². The highest BCUT2D eigenvalue weighted by Gasteiger charge is 2.33. The molecule has 2 aliphatic rings. The molecule has 1 aromatic rings. The number of amides is 1. The molecule has 2 heterocycles. The van der Waals surface area contributed by atoms with Gasteiger partial charge in [0.25, 0.3) is 5.91 Å². The molecule has 0 aromatic heterocycles. The van der Waals surface area contributed by atoms with Crippen LogP contribution in [0.15, 0.2) is 58.9 Å². The van der Waals surface area contributed by atoms with Crippen molar-refractivity contribution in [1.29, 1.82) is 0 Å². The maximum absolute atomic E-state index is 12.3. The molecule has 1 fully saturated rings. The Labute approximate surface area is 166 Å². The van der Waals surface area contributed by atoms with Crippen LogP contribution in [0.3, 0.4) is 0 Å². The molecule has 27 heavy (non-hydrogen) atoms. The summed E-state index contributed by atoms with van der Waals surface area (Å²) in [6, 6.07) is 7.82. The average molecular weight is 402 g/mol. The van der Waals surface area contributed by atoms with Gasteiger partial charge in [0.15, 0.2) is 5.75 Å². The number of ether oxygens (including phenoxy) is 1. The van der Waals surface area contributed by atoms with Gasteiger partial charge in [0.2, 0.25) is 5.88 Å². The maximum Gasteiger partial charge on any atom is 0.323 e. The molecule has 0 saturated carbocycles. The van der Waals surface area contributed by atoms with Crippen LogP contribution in [-0.2, 0) is 9.59 Å². The number of thioether (sulfide) groups is 1. The SMILES string of the molecule is CCN1\C(=C/C=C(C)/C=C2\SC(=S)N(CC(=O)O)C2=O)Oc2ccccc21. The van der Waals surface area contributed by atoms with Crippen LogP contribution < -0.4 is 9.64 Å². The van der Waals surface area contributed by atoms with Crippen molar-refractivity contribution in [3.05, 3.63) is 58.9 Å². The van der Waals surface area contributed by atoms with Crippen LogP contribution in [0, 0.1) is 0 Å². The van der Waals surface area contributed by atoms with Crippen LogP contribution in [0.1, 0.15) is 13.8 Å². The molecule has 0 unspecified atom stereocenters. The maximum atomic E-state index is 12.3. The number of hydrogen-bond donors (Lipinski definition) is 1. The number of carboxylic acid groups (broad SMARTS) is 1. The van der Waals surface area contributed by atoms with Crippen LogP contribution in [-0.4, -0.2) is 39.3 Å². The second-order valence-corrected chi connectivity index (χ2v) is 7.57. The fraction of sp³-hybridized carbons (Fsp3) is 0.211. The lowest BCUT2D eigenvalue weighted by atomic mass is 10.2. The average Bonchev–Trinajstić information content (AvgIpc) is 3.11. The van der Waals surface area contributed by atoms with Gasteiger partial charge in [0, 0.05) is 6.54 Å². The molecule has 0 bridgehead atoms. The van der Waals surface area contributed by atoms with E-state index in [0.29, 0.717) is 10.8 Å². The van der Waals surface area contributed by atoms with Gasteiger partial charge in [-0.05, 0) is 43.7 Å². The molecule has 0 aliphatic carbocycles. The summed E-state index contributed by atoms with van der Waals surface area (Å²) in [7, 11) is 0. The number of fused-ring (bicyclic) bond motifs is 1. The highest BCUT2D eigenvalue weighted by molar-refractivity contribution is 8.26. The van der Waals surface area contributed by atoms with Gasteiger partial charge in [0.05, 0.1) is 10.6 Å². The summed E-state index contributed by atoms with van der Waals surface area (Å²) in [5, 5.41) is 8.89. The van der Waals surface area contributed by atoms with Gasteiger partial charge in [-0.2, -0.15) is 0 Å². The number of rotatable bonds is 5. The molecule has 1 saturated heterocycles. The predicted octanol–water partition coefficient (Wildman–Crippen LogP) is 3.52. The quantitative estimate of drug-likeness (QED) is 0.597. The number of aliphatic carboxylic acids is 1. The summed E-state index contributed by atoms with van der Waals surface area (Å²) in [6.45, 7) is 4.25. The largest absolute Gasteiger partial charge is 0.480 e. The van der Waals surface area contributed by atoms with E-state index in [4.69, 9.17) is 22.1 Å². The van der Waals surface area contributed by atoms with Crippen molar-refractivity contribution in [2.45, 2.75) is 13.8 Å². The summed E-state index contributed by atoms with van der Waals surface area (Å²) in [5.74, 6) is 0.0470. The highest BCUT2D eigenvalue weighted by Crippen LogP contribution is 2.38. The van der Waals surface area contributed by atoms with E-state index in [1.165, 1.54) is 0 Å². The van der Waals surface area contributed by atoms with Gasteiger partial charge in [-0.3, -0.25) is 14.5 Å². The third-order valence-corrected chi connectivity index (χ3v) is 5.35. The van der Waals surface area contributed by atoms with Crippen molar-refractivity contribution in [3.8, 4) is 5.75 Å². The Bertz CT molecular complexity index is 905. The minimum absolute atomic E-state index is 0.256. The van der Waals surface area contributed by atoms with Crippen LogP contribution in [0.2, 0.25) is 0 Å². The predicted molar refractivity (Wildman–Crippen MR) is 110 cm³/mol. The summed E-state index contributed by atoms with van der Waals surface area (Å²) in [6.07, 6.45) is 5.41. The Hall–Kier alpha value is -2.58. The molecule has 3 rings (SSSR count). The number of carbonyl (C=O) groups excluding carboxylic acids is 1. The van der Waals surface area contributed by atoms with Gasteiger partial charge < -0.3 is 14.7 Å². The Morgan fingerprint density at radius 3 is 2.78 bits per heavy atom. The standard InChI is InChI=1S/C19H18N2O4S2/c1-3-20-13-6-4-5-7-14(13)25-16(20)9-8-12(2)10-15-18(24)21(11-17(22)23)19(26)27-15/h4-10H,3,11H2,1-2H3,(H,22,23)/b12-8+,15-10-,16-9+. The van der Waals surface area contributed by atoms with E-state index in [1.54, 1.807) is 6.08 Å². The normalized spacial score (nSPS) is 19.9. The molecule has 1 aromatic carbocycles. The van der Waals surface area contributed by atoms with Gasteiger partial charge in [0.1, 0.15) is 10.9 Å². The van der Waals surface area contributed by atoms with Crippen molar-refractivity contribution < 1.29 is 19.4 Å². The second-order valence-electron chi connectivity index (χ2n) is 5.89. The molecule has 0 radical (unpaired) electrons. The summed E-state index contributed by atoms with van der Waals surface area (Å²) >= 11 is 6.20. The summed E-state index contributed by atoms with van der Waals surface area (Å²) < 4.78 is 6.14. The fourth-order valence-corrected chi connectivity index (χ4v) is 4.04. The molecular formula is C19H18N2O4S2. The lowest BCUT2D eigenvalue weighted by molar-refractivity contribution is -0.140. The molecule has 1 amide bonds. The van der Waals surface area contributed by atoms with E-state index in [-0.39, 0.29) is 10.2 Å². The van der Waals surface area contributed by atoms with Crippen LogP contribution in [0.5, 0.6) is 5.75 Å². The van der Waals surface area contributed by atoms with Crippen molar-refractivity contribution in [3.63, 3.8) is 0 Å².